The van der Waals surface area contributed by atoms with Crippen molar-refractivity contribution in [3.8, 4) is 0 Å². The van der Waals surface area contributed by atoms with E-state index in [0.717, 1.165) is 0 Å². The Morgan fingerprint density at radius 2 is 1.83 bits per heavy atom. The van der Waals surface area contributed by atoms with Gasteiger partial charge in [0, 0.05) is 0 Å². The lowest BCUT2D eigenvalue weighted by Crippen LogP contribution is -2.18. The van der Waals surface area contributed by atoms with Crippen LogP contribution in [0.4, 0.5) is 0 Å². The topological polar surface area (TPSA) is 29.5 Å². The Morgan fingerprint density at radius 3 is 2.33 bits per heavy atom. The standard InChI is InChI=1S/C10H20O2/c1-9(11)8-12-10-6-4-2-3-5-7-10/h9-11H,2-8H2,1H3/t9-/m1/s1. The van der Waals surface area contributed by atoms with Crippen LogP contribution in [0.2, 0.25) is 0 Å². The Morgan fingerprint density at radius 1 is 1.25 bits per heavy atom. The lowest BCUT2D eigenvalue weighted by molar-refractivity contribution is -0.00871. The first-order valence-corrected chi connectivity index (χ1v) is 5.08. The second kappa shape index (κ2) is 5.55. The summed E-state index contributed by atoms with van der Waals surface area (Å²) in [5.41, 5.74) is 0. The summed E-state index contributed by atoms with van der Waals surface area (Å²) in [6, 6.07) is 0. The summed E-state index contributed by atoms with van der Waals surface area (Å²) >= 11 is 0. The Kier molecular flexibility index (Phi) is 4.62. The van der Waals surface area contributed by atoms with Crippen molar-refractivity contribution in [2.45, 2.75) is 57.7 Å². The zero-order chi connectivity index (χ0) is 8.81. The fourth-order valence-corrected chi connectivity index (χ4v) is 1.68. The van der Waals surface area contributed by atoms with E-state index in [4.69, 9.17) is 9.84 Å². The van der Waals surface area contributed by atoms with Crippen LogP contribution < -0.4 is 0 Å². The first-order chi connectivity index (χ1) is 5.79. The van der Waals surface area contributed by atoms with Crippen LogP contribution in [-0.2, 0) is 4.74 Å². The van der Waals surface area contributed by atoms with Crippen LogP contribution in [0.5, 0.6) is 0 Å². The summed E-state index contributed by atoms with van der Waals surface area (Å²) in [6.45, 7) is 2.28. The van der Waals surface area contributed by atoms with Gasteiger partial charge in [-0.3, -0.25) is 0 Å². The molecule has 0 radical (unpaired) electrons. The van der Waals surface area contributed by atoms with Gasteiger partial charge in [0.05, 0.1) is 18.8 Å². The predicted molar refractivity (Wildman–Crippen MR) is 49.1 cm³/mol. The van der Waals surface area contributed by atoms with Crippen LogP contribution in [0.25, 0.3) is 0 Å². The lowest BCUT2D eigenvalue weighted by Gasteiger charge is -2.16. The smallest absolute Gasteiger partial charge is 0.0745 e. The van der Waals surface area contributed by atoms with Crippen molar-refractivity contribution in [2.75, 3.05) is 6.61 Å². The summed E-state index contributed by atoms with van der Waals surface area (Å²) < 4.78 is 5.57. The van der Waals surface area contributed by atoms with Crippen LogP contribution in [-0.4, -0.2) is 23.9 Å². The molecular formula is C10H20O2. The minimum atomic E-state index is -0.312. The average molecular weight is 172 g/mol. The molecule has 0 aliphatic heterocycles. The van der Waals surface area contributed by atoms with Gasteiger partial charge in [0.25, 0.3) is 0 Å². The predicted octanol–water partition coefficient (Wildman–Crippen LogP) is 2.11. The van der Waals surface area contributed by atoms with Crippen molar-refractivity contribution in [3.05, 3.63) is 0 Å². The Labute approximate surface area is 74.9 Å². The molecule has 1 aliphatic rings. The molecule has 2 heteroatoms. The third-order valence-corrected chi connectivity index (χ3v) is 2.38. The van der Waals surface area contributed by atoms with Gasteiger partial charge in [0.2, 0.25) is 0 Å². The number of aliphatic hydroxyl groups excluding tert-OH is 1. The van der Waals surface area contributed by atoms with Gasteiger partial charge in [-0.15, -0.1) is 0 Å². The van der Waals surface area contributed by atoms with Crippen LogP contribution in [0.3, 0.4) is 0 Å². The molecule has 72 valence electrons. The quantitative estimate of drug-likeness (QED) is 0.661. The van der Waals surface area contributed by atoms with E-state index in [1.807, 2.05) is 0 Å². The highest BCUT2D eigenvalue weighted by Crippen LogP contribution is 2.19. The van der Waals surface area contributed by atoms with Gasteiger partial charge in [0.1, 0.15) is 0 Å². The molecule has 0 aromatic rings. The minimum absolute atomic E-state index is 0.312. The van der Waals surface area contributed by atoms with Gasteiger partial charge < -0.3 is 9.84 Å². The first kappa shape index (κ1) is 10.0. The van der Waals surface area contributed by atoms with Crippen LogP contribution in [0.15, 0.2) is 0 Å². The molecule has 0 amide bonds. The summed E-state index contributed by atoms with van der Waals surface area (Å²) in [6.07, 6.45) is 7.78. The highest BCUT2D eigenvalue weighted by molar-refractivity contribution is 4.64. The van der Waals surface area contributed by atoms with E-state index in [1.165, 1.54) is 38.5 Å². The molecule has 1 fully saturated rings. The maximum Gasteiger partial charge on any atom is 0.0745 e. The number of rotatable bonds is 3. The third kappa shape index (κ3) is 4.07. The normalized spacial score (nSPS) is 23.5. The van der Waals surface area contributed by atoms with Gasteiger partial charge >= 0.3 is 0 Å². The van der Waals surface area contributed by atoms with Gasteiger partial charge in [-0.2, -0.15) is 0 Å². The molecule has 0 heterocycles. The number of aliphatic hydroxyl groups is 1. The summed E-state index contributed by atoms with van der Waals surface area (Å²) in [4.78, 5) is 0. The molecule has 1 N–H and O–H groups in total. The van der Waals surface area contributed by atoms with Gasteiger partial charge in [0.15, 0.2) is 0 Å². The maximum absolute atomic E-state index is 9.03. The van der Waals surface area contributed by atoms with Crippen molar-refractivity contribution in [2.24, 2.45) is 0 Å². The van der Waals surface area contributed by atoms with E-state index in [-0.39, 0.29) is 6.10 Å². The van der Waals surface area contributed by atoms with Gasteiger partial charge in [-0.05, 0) is 19.8 Å². The Hall–Kier alpha value is -0.0800. The van der Waals surface area contributed by atoms with Crippen molar-refractivity contribution in [3.63, 3.8) is 0 Å². The lowest BCUT2D eigenvalue weighted by atomic mass is 10.1. The van der Waals surface area contributed by atoms with Crippen LogP contribution in [0.1, 0.15) is 45.4 Å². The molecule has 0 spiro atoms. The summed E-state index contributed by atoms with van der Waals surface area (Å²) in [5, 5.41) is 9.03. The molecule has 12 heavy (non-hydrogen) atoms. The molecule has 1 saturated carbocycles. The largest absolute Gasteiger partial charge is 0.391 e. The maximum atomic E-state index is 9.03. The molecule has 1 rings (SSSR count). The molecule has 0 saturated heterocycles. The van der Waals surface area contributed by atoms with E-state index in [2.05, 4.69) is 0 Å². The highest BCUT2D eigenvalue weighted by atomic mass is 16.5. The zero-order valence-corrected chi connectivity index (χ0v) is 7.96. The fourth-order valence-electron chi connectivity index (χ4n) is 1.68. The number of ether oxygens (including phenoxy) is 1. The molecule has 2 nitrogen and oxygen atoms in total. The molecule has 1 aliphatic carbocycles. The molecule has 0 aromatic heterocycles. The number of hydrogen-bond acceptors (Lipinski definition) is 2. The first-order valence-electron chi connectivity index (χ1n) is 5.08. The van der Waals surface area contributed by atoms with Crippen LogP contribution in [0, 0.1) is 0 Å². The Balaban J connectivity index is 2.12. The average Bonchev–Trinajstić information content (AvgIpc) is 2.28. The monoisotopic (exact) mass is 172 g/mol. The zero-order valence-electron chi connectivity index (χ0n) is 7.96. The fraction of sp³-hybridized carbons (Fsp3) is 1.00. The summed E-state index contributed by atoms with van der Waals surface area (Å²) in [5.74, 6) is 0. The van der Waals surface area contributed by atoms with E-state index in [1.54, 1.807) is 6.92 Å². The second-order valence-electron chi connectivity index (χ2n) is 3.80. The highest BCUT2D eigenvalue weighted by Gasteiger charge is 2.12. The van der Waals surface area contributed by atoms with Gasteiger partial charge in [-0.1, -0.05) is 25.7 Å². The molecule has 0 bridgehead atoms. The SMILES string of the molecule is C[C@@H](O)COC1CCCCCC1. The third-order valence-electron chi connectivity index (χ3n) is 2.38. The second-order valence-corrected chi connectivity index (χ2v) is 3.80. The minimum Gasteiger partial charge on any atom is -0.391 e. The van der Waals surface area contributed by atoms with Crippen molar-refractivity contribution < 1.29 is 9.84 Å². The van der Waals surface area contributed by atoms with E-state index >= 15 is 0 Å². The van der Waals surface area contributed by atoms with Crippen LogP contribution >= 0.6 is 0 Å². The van der Waals surface area contributed by atoms with E-state index in [0.29, 0.717) is 12.7 Å². The summed E-state index contributed by atoms with van der Waals surface area (Å²) in [7, 11) is 0. The van der Waals surface area contributed by atoms with Crippen molar-refractivity contribution in [1.29, 1.82) is 0 Å². The molecule has 0 aromatic carbocycles. The van der Waals surface area contributed by atoms with E-state index < -0.39 is 0 Å². The van der Waals surface area contributed by atoms with Crippen molar-refractivity contribution in [1.82, 2.24) is 0 Å². The Bertz CT molecular complexity index is 104. The van der Waals surface area contributed by atoms with Crippen molar-refractivity contribution >= 4 is 0 Å². The molecular weight excluding hydrogens is 152 g/mol. The molecule has 0 unspecified atom stereocenters. The number of hydrogen-bond donors (Lipinski definition) is 1. The van der Waals surface area contributed by atoms with E-state index in [9.17, 15) is 0 Å². The molecule has 1 atom stereocenters. The van der Waals surface area contributed by atoms with Gasteiger partial charge in [-0.25, -0.2) is 0 Å².